The molecule has 0 fully saturated rings. The number of hydrogen-bond acceptors (Lipinski definition) is 4. The molecule has 5 heteroatoms. The number of rotatable bonds is 6. The Hall–Kier alpha value is -1.30. The van der Waals surface area contributed by atoms with Crippen LogP contribution in [0.3, 0.4) is 0 Å². The van der Waals surface area contributed by atoms with Gasteiger partial charge in [-0.05, 0) is 46.1 Å². The van der Waals surface area contributed by atoms with E-state index < -0.39 is 0 Å². The van der Waals surface area contributed by atoms with Crippen LogP contribution in [0.5, 0.6) is 5.75 Å². The van der Waals surface area contributed by atoms with Crippen LogP contribution in [0.25, 0.3) is 0 Å². The van der Waals surface area contributed by atoms with Crippen molar-refractivity contribution in [2.45, 2.75) is 19.4 Å². The van der Waals surface area contributed by atoms with Crippen molar-refractivity contribution in [2.75, 3.05) is 6.61 Å². The average Bonchev–Trinajstić information content (AvgIpc) is 2.85. The fourth-order valence-corrected chi connectivity index (χ4v) is 2.32. The van der Waals surface area contributed by atoms with Crippen LogP contribution in [0.4, 0.5) is 0 Å². The maximum Gasteiger partial charge on any atom is 0.174 e. The third kappa shape index (κ3) is 3.37. The van der Waals surface area contributed by atoms with Gasteiger partial charge in [-0.1, -0.05) is 19.1 Å². The molecule has 19 heavy (non-hydrogen) atoms. The third-order valence-corrected chi connectivity index (χ3v) is 3.45. The molecule has 4 nitrogen and oxygen atoms in total. The number of halogens is 1. The molecule has 0 saturated heterocycles. The lowest BCUT2D eigenvalue weighted by molar-refractivity contribution is 0.317. The van der Waals surface area contributed by atoms with Gasteiger partial charge in [0.25, 0.3) is 0 Å². The highest BCUT2D eigenvalue weighted by molar-refractivity contribution is 9.10. The topological polar surface area (TPSA) is 60.4 Å². The fraction of sp³-hybridized carbons (Fsp3) is 0.286. The van der Waals surface area contributed by atoms with Gasteiger partial charge in [-0.15, -0.1) is 0 Å². The molecule has 0 saturated carbocycles. The maximum absolute atomic E-state index is 5.64. The summed E-state index contributed by atoms with van der Waals surface area (Å²) in [5.41, 5.74) is 4.81. The van der Waals surface area contributed by atoms with Crippen molar-refractivity contribution < 1.29 is 9.15 Å². The summed E-state index contributed by atoms with van der Waals surface area (Å²) in [4.78, 5) is 0. The molecule has 0 aliphatic rings. The highest BCUT2D eigenvalue weighted by atomic mass is 79.9. The molecule has 0 amide bonds. The summed E-state index contributed by atoms with van der Waals surface area (Å²) in [6.07, 6.45) is 2.62. The molecule has 0 aliphatic carbocycles. The Labute approximate surface area is 121 Å². The maximum atomic E-state index is 5.64. The third-order valence-electron chi connectivity index (χ3n) is 2.81. The number of nitrogens with one attached hydrogen (secondary N) is 1. The molecular formula is C14H17BrN2O2. The van der Waals surface area contributed by atoms with Gasteiger partial charge in [0.2, 0.25) is 0 Å². The van der Waals surface area contributed by atoms with Crippen molar-refractivity contribution >= 4 is 15.9 Å². The molecule has 1 atom stereocenters. The molecule has 1 aromatic carbocycles. The van der Waals surface area contributed by atoms with Crippen LogP contribution in [0, 0.1) is 0 Å². The minimum absolute atomic E-state index is 0.117. The lowest BCUT2D eigenvalue weighted by Gasteiger charge is -2.16. The Morgan fingerprint density at radius 2 is 2.05 bits per heavy atom. The van der Waals surface area contributed by atoms with Crippen LogP contribution in [0.15, 0.2) is 45.7 Å². The lowest BCUT2D eigenvalue weighted by Crippen LogP contribution is -2.28. The molecular weight excluding hydrogens is 308 g/mol. The molecule has 102 valence electrons. The molecule has 1 heterocycles. The molecule has 1 aromatic heterocycles. The van der Waals surface area contributed by atoms with E-state index in [1.807, 2.05) is 30.3 Å². The molecule has 3 N–H and O–H groups in total. The zero-order chi connectivity index (χ0) is 13.7. The van der Waals surface area contributed by atoms with E-state index >= 15 is 0 Å². The highest BCUT2D eigenvalue weighted by Crippen LogP contribution is 2.29. The SMILES string of the molecule is CCCOc1ccc(C(NN)c2ccoc2Br)cc1. The van der Waals surface area contributed by atoms with Gasteiger partial charge in [-0.25, -0.2) is 5.43 Å². The summed E-state index contributed by atoms with van der Waals surface area (Å²) >= 11 is 3.37. The van der Waals surface area contributed by atoms with Crippen molar-refractivity contribution in [1.82, 2.24) is 5.43 Å². The summed E-state index contributed by atoms with van der Waals surface area (Å²) in [6, 6.07) is 9.65. The van der Waals surface area contributed by atoms with Crippen molar-refractivity contribution in [2.24, 2.45) is 5.84 Å². The van der Waals surface area contributed by atoms with Crippen molar-refractivity contribution in [3.8, 4) is 5.75 Å². The van der Waals surface area contributed by atoms with E-state index in [1.54, 1.807) is 6.26 Å². The Kier molecular flexibility index (Phi) is 5.01. The Balaban J connectivity index is 2.18. The predicted octanol–water partition coefficient (Wildman–Crippen LogP) is 3.38. The summed E-state index contributed by atoms with van der Waals surface area (Å²) in [7, 11) is 0. The van der Waals surface area contributed by atoms with Gasteiger partial charge in [0.15, 0.2) is 4.67 Å². The van der Waals surface area contributed by atoms with Crippen LogP contribution >= 0.6 is 15.9 Å². The van der Waals surface area contributed by atoms with Gasteiger partial charge >= 0.3 is 0 Å². The lowest BCUT2D eigenvalue weighted by atomic mass is 10.0. The van der Waals surface area contributed by atoms with E-state index in [0.717, 1.165) is 29.9 Å². The first-order valence-electron chi connectivity index (χ1n) is 6.18. The standard InChI is InChI=1S/C14H17BrN2O2/c1-2-8-18-11-5-3-10(4-6-11)13(17-16)12-7-9-19-14(12)15/h3-7,9,13,17H,2,8,16H2,1H3. The van der Waals surface area contributed by atoms with Gasteiger partial charge < -0.3 is 9.15 Å². The zero-order valence-electron chi connectivity index (χ0n) is 10.7. The molecule has 0 bridgehead atoms. The van der Waals surface area contributed by atoms with Crippen molar-refractivity contribution in [3.63, 3.8) is 0 Å². The monoisotopic (exact) mass is 324 g/mol. The minimum atomic E-state index is -0.117. The van der Waals surface area contributed by atoms with E-state index in [2.05, 4.69) is 28.3 Å². The second-order valence-electron chi connectivity index (χ2n) is 4.17. The van der Waals surface area contributed by atoms with Gasteiger partial charge in [-0.3, -0.25) is 5.84 Å². The van der Waals surface area contributed by atoms with Crippen LogP contribution in [0.1, 0.15) is 30.5 Å². The number of nitrogens with two attached hydrogens (primary N) is 1. The van der Waals surface area contributed by atoms with Crippen LogP contribution in [-0.4, -0.2) is 6.61 Å². The van der Waals surface area contributed by atoms with Gasteiger partial charge in [0, 0.05) is 5.56 Å². The summed E-state index contributed by atoms with van der Waals surface area (Å²) < 4.78 is 11.5. The van der Waals surface area contributed by atoms with Crippen LogP contribution < -0.4 is 16.0 Å². The first kappa shape index (κ1) is 14.1. The second-order valence-corrected chi connectivity index (χ2v) is 4.89. The molecule has 1 unspecified atom stereocenters. The Morgan fingerprint density at radius 3 is 2.58 bits per heavy atom. The molecule has 0 aliphatic heterocycles. The molecule has 0 radical (unpaired) electrons. The highest BCUT2D eigenvalue weighted by Gasteiger charge is 2.17. The number of hydrogen-bond donors (Lipinski definition) is 2. The molecule has 2 aromatic rings. The smallest absolute Gasteiger partial charge is 0.174 e. The van der Waals surface area contributed by atoms with E-state index in [0.29, 0.717) is 4.67 Å². The first-order valence-corrected chi connectivity index (χ1v) is 6.97. The average molecular weight is 325 g/mol. The zero-order valence-corrected chi connectivity index (χ0v) is 12.3. The first-order chi connectivity index (χ1) is 9.26. The van der Waals surface area contributed by atoms with Crippen molar-refractivity contribution in [1.29, 1.82) is 0 Å². The summed E-state index contributed by atoms with van der Waals surface area (Å²) in [5.74, 6) is 6.51. The molecule has 2 rings (SSSR count). The van der Waals surface area contributed by atoms with E-state index in [-0.39, 0.29) is 6.04 Å². The number of benzene rings is 1. The summed E-state index contributed by atoms with van der Waals surface area (Å²) in [6.45, 7) is 2.81. The largest absolute Gasteiger partial charge is 0.494 e. The van der Waals surface area contributed by atoms with E-state index in [4.69, 9.17) is 15.0 Å². The number of hydrazine groups is 1. The van der Waals surface area contributed by atoms with E-state index in [1.165, 1.54) is 0 Å². The van der Waals surface area contributed by atoms with Gasteiger partial charge in [-0.2, -0.15) is 0 Å². The molecule has 0 spiro atoms. The normalized spacial score (nSPS) is 12.4. The fourth-order valence-electron chi connectivity index (χ4n) is 1.85. The predicted molar refractivity (Wildman–Crippen MR) is 77.8 cm³/mol. The van der Waals surface area contributed by atoms with E-state index in [9.17, 15) is 0 Å². The number of furan rings is 1. The van der Waals surface area contributed by atoms with Crippen molar-refractivity contribution in [3.05, 3.63) is 52.4 Å². The quantitative estimate of drug-likeness (QED) is 0.631. The number of ether oxygens (including phenoxy) is 1. The van der Waals surface area contributed by atoms with Gasteiger partial charge in [0.05, 0.1) is 18.9 Å². The summed E-state index contributed by atoms with van der Waals surface area (Å²) in [5, 5.41) is 0. The minimum Gasteiger partial charge on any atom is -0.494 e. The Morgan fingerprint density at radius 1 is 1.32 bits per heavy atom. The Bertz CT molecular complexity index is 510. The second kappa shape index (κ2) is 6.75. The van der Waals surface area contributed by atoms with Crippen LogP contribution in [-0.2, 0) is 0 Å². The van der Waals surface area contributed by atoms with Gasteiger partial charge in [0.1, 0.15) is 5.75 Å². The van der Waals surface area contributed by atoms with Crippen LogP contribution in [0.2, 0.25) is 0 Å².